The van der Waals surface area contributed by atoms with E-state index in [0.717, 1.165) is 5.56 Å². The average molecular weight is 257 g/mol. The fraction of sp³-hybridized carbons (Fsp3) is 0.438. The van der Waals surface area contributed by atoms with Crippen molar-refractivity contribution in [1.29, 1.82) is 0 Å². The molecule has 0 atom stereocenters. The van der Waals surface area contributed by atoms with Crippen molar-refractivity contribution in [2.75, 3.05) is 18.0 Å². The van der Waals surface area contributed by atoms with Gasteiger partial charge in [0.25, 0.3) is 0 Å². The number of carbonyl (C=O) groups is 1. The molecule has 2 aliphatic rings. The zero-order chi connectivity index (χ0) is 13.3. The molecule has 0 bridgehead atoms. The molecule has 1 heterocycles. The molecule has 0 aromatic heterocycles. The number of hydrogen-bond donors (Lipinski definition) is 1. The molecule has 1 aliphatic carbocycles. The Morgan fingerprint density at radius 2 is 2.00 bits per heavy atom. The van der Waals surface area contributed by atoms with E-state index in [0.29, 0.717) is 5.41 Å². The number of carboxylic acid groups (broad SMARTS) is 1. The summed E-state index contributed by atoms with van der Waals surface area (Å²) in [5.41, 5.74) is 2.75. The Morgan fingerprint density at radius 1 is 1.26 bits per heavy atom. The minimum absolute atomic E-state index is 0.590. The predicted octanol–water partition coefficient (Wildman–Crippen LogP) is 3.16. The summed E-state index contributed by atoms with van der Waals surface area (Å²) in [7, 11) is 0. The Morgan fingerprint density at radius 3 is 2.68 bits per heavy atom. The topological polar surface area (TPSA) is 40.5 Å². The summed E-state index contributed by atoms with van der Waals surface area (Å²) in [6, 6.07) is 8.12. The van der Waals surface area contributed by atoms with Gasteiger partial charge in [0.2, 0.25) is 0 Å². The first-order valence-electron chi connectivity index (χ1n) is 6.93. The van der Waals surface area contributed by atoms with Gasteiger partial charge >= 0.3 is 5.97 Å². The van der Waals surface area contributed by atoms with E-state index in [1.165, 1.54) is 50.5 Å². The Bertz CT molecular complexity index is 507. The van der Waals surface area contributed by atoms with Crippen LogP contribution in [0.3, 0.4) is 0 Å². The first-order chi connectivity index (χ1) is 9.17. The molecule has 1 spiro atoms. The number of aliphatic carboxylic acids is 1. The molecular formula is C16H19NO2. The van der Waals surface area contributed by atoms with E-state index in [9.17, 15) is 4.79 Å². The SMILES string of the molecule is O=C(O)/C=C/c1cccc(N2CC3(CCCC3)C2)c1. The van der Waals surface area contributed by atoms with Gasteiger partial charge in [0.15, 0.2) is 0 Å². The number of carboxylic acids is 1. The number of anilines is 1. The van der Waals surface area contributed by atoms with Gasteiger partial charge in [-0.3, -0.25) is 0 Å². The Labute approximate surface area is 113 Å². The lowest BCUT2D eigenvalue weighted by atomic mass is 9.78. The number of benzene rings is 1. The van der Waals surface area contributed by atoms with Gasteiger partial charge in [-0.1, -0.05) is 25.0 Å². The summed E-state index contributed by atoms with van der Waals surface area (Å²) < 4.78 is 0. The second-order valence-electron chi connectivity index (χ2n) is 5.83. The van der Waals surface area contributed by atoms with Crippen LogP contribution in [0.25, 0.3) is 6.08 Å². The van der Waals surface area contributed by atoms with Gasteiger partial charge in [0.1, 0.15) is 0 Å². The van der Waals surface area contributed by atoms with Crippen LogP contribution >= 0.6 is 0 Å². The molecule has 1 saturated carbocycles. The van der Waals surface area contributed by atoms with Crippen LogP contribution in [0.4, 0.5) is 5.69 Å². The lowest BCUT2D eigenvalue weighted by molar-refractivity contribution is -0.131. The smallest absolute Gasteiger partial charge is 0.328 e. The van der Waals surface area contributed by atoms with E-state index >= 15 is 0 Å². The molecule has 1 aromatic carbocycles. The summed E-state index contributed by atoms with van der Waals surface area (Å²) >= 11 is 0. The van der Waals surface area contributed by atoms with Gasteiger partial charge < -0.3 is 10.0 Å². The Balaban J connectivity index is 1.69. The van der Waals surface area contributed by atoms with Gasteiger partial charge in [-0.25, -0.2) is 4.79 Å². The van der Waals surface area contributed by atoms with Gasteiger partial charge in [-0.15, -0.1) is 0 Å². The van der Waals surface area contributed by atoms with Crippen LogP contribution in [0.15, 0.2) is 30.3 Å². The highest BCUT2D eigenvalue weighted by molar-refractivity contribution is 5.85. The zero-order valence-electron chi connectivity index (χ0n) is 11.0. The third kappa shape index (κ3) is 2.50. The molecule has 1 N–H and O–H groups in total. The second-order valence-corrected chi connectivity index (χ2v) is 5.83. The van der Waals surface area contributed by atoms with Crippen LogP contribution in [-0.4, -0.2) is 24.2 Å². The van der Waals surface area contributed by atoms with Crippen LogP contribution in [-0.2, 0) is 4.79 Å². The normalized spacial score (nSPS) is 20.9. The maximum absolute atomic E-state index is 10.5. The predicted molar refractivity (Wildman–Crippen MR) is 76.2 cm³/mol. The van der Waals surface area contributed by atoms with Crippen LogP contribution < -0.4 is 4.90 Å². The standard InChI is InChI=1S/C16H19NO2/c18-15(19)7-6-13-4-3-5-14(10-13)17-11-16(12-17)8-1-2-9-16/h3-7,10H,1-2,8-9,11-12H2,(H,18,19)/b7-6+. The highest BCUT2D eigenvalue weighted by Crippen LogP contribution is 2.46. The van der Waals surface area contributed by atoms with Crippen molar-refractivity contribution in [2.45, 2.75) is 25.7 Å². The third-order valence-electron chi connectivity index (χ3n) is 4.37. The molecule has 0 radical (unpaired) electrons. The molecule has 3 rings (SSSR count). The largest absolute Gasteiger partial charge is 0.478 e. The second kappa shape index (κ2) is 4.72. The third-order valence-corrected chi connectivity index (χ3v) is 4.37. The van der Waals surface area contributed by atoms with E-state index in [1.807, 2.05) is 12.1 Å². The van der Waals surface area contributed by atoms with Crippen molar-refractivity contribution >= 4 is 17.7 Å². The van der Waals surface area contributed by atoms with Crippen molar-refractivity contribution in [1.82, 2.24) is 0 Å². The fourth-order valence-corrected chi connectivity index (χ4v) is 3.38. The average Bonchev–Trinajstić information content (AvgIpc) is 2.84. The molecule has 0 amide bonds. The lowest BCUT2D eigenvalue weighted by Crippen LogP contribution is -2.55. The van der Waals surface area contributed by atoms with Crippen molar-refractivity contribution in [3.63, 3.8) is 0 Å². The van der Waals surface area contributed by atoms with E-state index in [2.05, 4.69) is 17.0 Å². The van der Waals surface area contributed by atoms with Crippen molar-refractivity contribution in [3.8, 4) is 0 Å². The quantitative estimate of drug-likeness (QED) is 0.845. The van der Waals surface area contributed by atoms with Crippen LogP contribution in [0.5, 0.6) is 0 Å². The van der Waals surface area contributed by atoms with Gasteiger partial charge in [-0.2, -0.15) is 0 Å². The summed E-state index contributed by atoms with van der Waals surface area (Å²) in [5, 5.41) is 8.65. The monoisotopic (exact) mass is 257 g/mol. The molecule has 0 unspecified atom stereocenters. The Kier molecular flexibility index (Phi) is 3.05. The molecule has 3 nitrogen and oxygen atoms in total. The number of nitrogens with zero attached hydrogens (tertiary/aromatic N) is 1. The highest BCUT2D eigenvalue weighted by Gasteiger charge is 2.44. The maximum atomic E-state index is 10.5. The maximum Gasteiger partial charge on any atom is 0.328 e. The molecule has 2 fully saturated rings. The summed E-state index contributed by atoms with van der Waals surface area (Å²) in [4.78, 5) is 12.9. The molecule has 1 aromatic rings. The van der Waals surface area contributed by atoms with Crippen LogP contribution in [0, 0.1) is 5.41 Å². The zero-order valence-corrected chi connectivity index (χ0v) is 11.0. The summed E-state index contributed by atoms with van der Waals surface area (Å²) in [6.07, 6.45) is 8.36. The van der Waals surface area contributed by atoms with E-state index < -0.39 is 5.97 Å². The van der Waals surface area contributed by atoms with Crippen molar-refractivity contribution < 1.29 is 9.90 Å². The van der Waals surface area contributed by atoms with Crippen LogP contribution in [0.1, 0.15) is 31.2 Å². The highest BCUT2D eigenvalue weighted by atomic mass is 16.4. The molecule has 19 heavy (non-hydrogen) atoms. The summed E-state index contributed by atoms with van der Waals surface area (Å²) in [6.45, 7) is 2.33. The molecule has 100 valence electrons. The van der Waals surface area contributed by atoms with Gasteiger partial charge in [0, 0.05) is 30.3 Å². The summed E-state index contributed by atoms with van der Waals surface area (Å²) in [5.74, 6) is -0.903. The minimum atomic E-state index is -0.903. The minimum Gasteiger partial charge on any atom is -0.478 e. The van der Waals surface area contributed by atoms with Crippen molar-refractivity contribution in [3.05, 3.63) is 35.9 Å². The molecule has 1 aliphatic heterocycles. The van der Waals surface area contributed by atoms with E-state index in [4.69, 9.17) is 5.11 Å². The van der Waals surface area contributed by atoms with E-state index in [1.54, 1.807) is 6.08 Å². The first-order valence-corrected chi connectivity index (χ1v) is 6.93. The number of hydrogen-bond acceptors (Lipinski definition) is 2. The number of rotatable bonds is 3. The fourth-order valence-electron chi connectivity index (χ4n) is 3.38. The first kappa shape index (κ1) is 12.3. The molecular weight excluding hydrogens is 238 g/mol. The molecule has 1 saturated heterocycles. The molecule has 3 heteroatoms. The lowest BCUT2D eigenvalue weighted by Gasteiger charge is -2.49. The van der Waals surface area contributed by atoms with Crippen LogP contribution in [0.2, 0.25) is 0 Å². The van der Waals surface area contributed by atoms with Gasteiger partial charge in [0.05, 0.1) is 0 Å². The van der Waals surface area contributed by atoms with Gasteiger partial charge in [-0.05, 0) is 36.6 Å². The van der Waals surface area contributed by atoms with E-state index in [-0.39, 0.29) is 0 Å². The Hall–Kier alpha value is -1.77. The van der Waals surface area contributed by atoms with Crippen molar-refractivity contribution in [2.24, 2.45) is 5.41 Å².